The zero-order valence-corrected chi connectivity index (χ0v) is 63.8. The van der Waals surface area contributed by atoms with Gasteiger partial charge in [-0.05, 0) is 37.5 Å². The summed E-state index contributed by atoms with van der Waals surface area (Å²) in [6, 6.07) is 0. The summed E-state index contributed by atoms with van der Waals surface area (Å²) in [6.07, 6.45) is 55.7. The molecule has 0 aliphatic rings. The van der Waals surface area contributed by atoms with Crippen molar-refractivity contribution in [3.05, 3.63) is 0 Å². The molecule has 0 aromatic rings. The van der Waals surface area contributed by atoms with Crippen molar-refractivity contribution in [2.45, 2.75) is 413 Å². The average Bonchev–Trinajstić information content (AvgIpc) is 1.40. The Labute approximate surface area is 581 Å². The largest absolute Gasteiger partial charge is 0.472 e. The molecule has 6 atom stereocenters. The minimum absolute atomic E-state index is 0.104. The third kappa shape index (κ3) is 69.0. The van der Waals surface area contributed by atoms with Crippen LogP contribution in [0.5, 0.6) is 0 Å². The standard InChI is InChI=1S/C76H148O17P2/c1-7-10-12-14-16-18-20-22-24-25-26-27-28-29-31-33-35-40-48-54-60-75(80)92-71(64-86-73(78)58-52-46-39-34-32-30-23-21-19-17-15-13-11-8-2)66-90-94(82,83)88-62-70(77)63-89-95(84,85)91-67-72(65-87-74(79)59-53-47-43-42-44-50-56-68(4)5)93-76(81)61-55-49-41-37-36-38-45-51-57-69(6)9-3/h68-72,77H,7-67H2,1-6H3,(H,82,83)(H,84,85)/t69?,70-,71-,72-/m1/s1. The minimum Gasteiger partial charge on any atom is -0.462 e. The summed E-state index contributed by atoms with van der Waals surface area (Å²) in [5.41, 5.74) is 0. The fraction of sp³-hybridized carbons (Fsp3) is 0.947. The van der Waals surface area contributed by atoms with Crippen LogP contribution in [-0.4, -0.2) is 96.7 Å². The molecule has 19 heteroatoms. The Hall–Kier alpha value is -1.94. The van der Waals surface area contributed by atoms with Crippen molar-refractivity contribution in [1.82, 2.24) is 0 Å². The van der Waals surface area contributed by atoms with Crippen molar-refractivity contribution < 1.29 is 80.2 Å². The molecule has 0 aromatic carbocycles. The van der Waals surface area contributed by atoms with Crippen molar-refractivity contribution in [3.8, 4) is 0 Å². The number of phosphoric acid groups is 2. The number of esters is 4. The Morgan fingerprint density at radius 2 is 0.537 bits per heavy atom. The summed E-state index contributed by atoms with van der Waals surface area (Å²) in [5, 5.41) is 10.6. The molecule has 95 heavy (non-hydrogen) atoms. The van der Waals surface area contributed by atoms with Crippen LogP contribution in [0.1, 0.15) is 395 Å². The van der Waals surface area contributed by atoms with Gasteiger partial charge in [-0.2, -0.15) is 0 Å². The predicted molar refractivity (Wildman–Crippen MR) is 386 cm³/mol. The molecule has 3 unspecified atom stereocenters. The van der Waals surface area contributed by atoms with Crippen LogP contribution < -0.4 is 0 Å². The van der Waals surface area contributed by atoms with Crippen LogP contribution in [0.2, 0.25) is 0 Å². The molecule has 0 aromatic heterocycles. The fourth-order valence-electron chi connectivity index (χ4n) is 11.6. The molecule has 0 fully saturated rings. The van der Waals surface area contributed by atoms with E-state index in [1.165, 1.54) is 205 Å². The van der Waals surface area contributed by atoms with Gasteiger partial charge in [0.25, 0.3) is 0 Å². The van der Waals surface area contributed by atoms with Gasteiger partial charge in [-0.1, -0.05) is 343 Å². The van der Waals surface area contributed by atoms with E-state index in [4.69, 9.17) is 37.0 Å². The van der Waals surface area contributed by atoms with Crippen molar-refractivity contribution in [2.75, 3.05) is 39.6 Å². The van der Waals surface area contributed by atoms with Gasteiger partial charge < -0.3 is 33.8 Å². The fourth-order valence-corrected chi connectivity index (χ4v) is 13.2. The third-order valence-electron chi connectivity index (χ3n) is 18.1. The first-order valence-corrected chi connectivity index (χ1v) is 42.5. The lowest BCUT2D eigenvalue weighted by atomic mass is 9.99. The molecule has 0 aliphatic carbocycles. The molecule has 3 N–H and O–H groups in total. The zero-order valence-electron chi connectivity index (χ0n) is 62.0. The van der Waals surface area contributed by atoms with Gasteiger partial charge >= 0.3 is 39.5 Å². The topological polar surface area (TPSA) is 237 Å². The van der Waals surface area contributed by atoms with E-state index in [0.29, 0.717) is 31.6 Å². The Kier molecular flexibility index (Phi) is 66.5. The average molecular weight is 1400 g/mol. The molecule has 564 valence electrons. The van der Waals surface area contributed by atoms with Crippen molar-refractivity contribution in [3.63, 3.8) is 0 Å². The second-order valence-electron chi connectivity index (χ2n) is 28.1. The van der Waals surface area contributed by atoms with Gasteiger partial charge in [0.2, 0.25) is 0 Å². The number of aliphatic hydroxyl groups excluding tert-OH is 1. The highest BCUT2D eigenvalue weighted by Gasteiger charge is 2.30. The molecule has 0 spiro atoms. The van der Waals surface area contributed by atoms with E-state index in [1.807, 2.05) is 0 Å². The summed E-state index contributed by atoms with van der Waals surface area (Å²) in [4.78, 5) is 72.7. The van der Waals surface area contributed by atoms with Gasteiger partial charge in [0, 0.05) is 25.7 Å². The summed E-state index contributed by atoms with van der Waals surface area (Å²) < 4.78 is 68.5. The summed E-state index contributed by atoms with van der Waals surface area (Å²) in [6.45, 7) is 9.51. The molecule has 0 radical (unpaired) electrons. The summed E-state index contributed by atoms with van der Waals surface area (Å²) in [5.74, 6) is -0.670. The first kappa shape index (κ1) is 93.1. The van der Waals surface area contributed by atoms with Crippen molar-refractivity contribution in [2.24, 2.45) is 11.8 Å². The lowest BCUT2D eigenvalue weighted by Gasteiger charge is -2.21. The van der Waals surface area contributed by atoms with Gasteiger partial charge in [0.05, 0.1) is 26.4 Å². The number of ether oxygens (including phenoxy) is 4. The van der Waals surface area contributed by atoms with E-state index in [0.717, 1.165) is 102 Å². The second kappa shape index (κ2) is 67.9. The molecule has 0 bridgehead atoms. The number of carbonyl (C=O) groups excluding carboxylic acids is 4. The maximum atomic E-state index is 13.1. The number of hydrogen-bond acceptors (Lipinski definition) is 15. The maximum absolute atomic E-state index is 13.1. The number of carbonyl (C=O) groups is 4. The maximum Gasteiger partial charge on any atom is 0.472 e. The molecule has 0 heterocycles. The molecule has 17 nitrogen and oxygen atoms in total. The van der Waals surface area contributed by atoms with Crippen LogP contribution in [0.3, 0.4) is 0 Å². The summed E-state index contributed by atoms with van der Waals surface area (Å²) >= 11 is 0. The smallest absolute Gasteiger partial charge is 0.462 e. The highest BCUT2D eigenvalue weighted by atomic mass is 31.2. The van der Waals surface area contributed by atoms with Crippen molar-refractivity contribution >= 4 is 39.5 Å². The molecular weight excluding hydrogens is 1250 g/mol. The highest BCUT2D eigenvalue weighted by molar-refractivity contribution is 7.47. The number of unbranched alkanes of at least 4 members (excludes halogenated alkanes) is 44. The molecule has 0 aliphatic heterocycles. The Balaban J connectivity index is 5.21. The summed E-state index contributed by atoms with van der Waals surface area (Å²) in [7, 11) is -9.91. The van der Waals surface area contributed by atoms with Gasteiger partial charge in [-0.25, -0.2) is 9.13 Å². The van der Waals surface area contributed by atoms with E-state index in [1.54, 1.807) is 0 Å². The van der Waals surface area contributed by atoms with Crippen LogP contribution in [0.15, 0.2) is 0 Å². The van der Waals surface area contributed by atoms with Gasteiger partial charge in [-0.15, -0.1) is 0 Å². The van der Waals surface area contributed by atoms with Crippen LogP contribution in [0.25, 0.3) is 0 Å². The van der Waals surface area contributed by atoms with Crippen LogP contribution >= 0.6 is 15.6 Å². The van der Waals surface area contributed by atoms with Gasteiger partial charge in [0.15, 0.2) is 12.2 Å². The third-order valence-corrected chi connectivity index (χ3v) is 20.0. The monoisotopic (exact) mass is 1400 g/mol. The Morgan fingerprint density at radius 3 is 0.800 bits per heavy atom. The Bertz CT molecular complexity index is 1840. The number of phosphoric ester groups is 2. The van der Waals surface area contributed by atoms with Gasteiger partial charge in [-0.3, -0.25) is 37.3 Å². The van der Waals surface area contributed by atoms with E-state index in [-0.39, 0.29) is 25.7 Å². The molecule has 0 amide bonds. The minimum atomic E-state index is -4.96. The van der Waals surface area contributed by atoms with Crippen LogP contribution in [-0.2, 0) is 65.4 Å². The number of hydrogen-bond donors (Lipinski definition) is 3. The molecule has 0 saturated heterocycles. The second-order valence-corrected chi connectivity index (χ2v) is 31.0. The van der Waals surface area contributed by atoms with Crippen LogP contribution in [0.4, 0.5) is 0 Å². The highest BCUT2D eigenvalue weighted by Crippen LogP contribution is 2.45. The van der Waals surface area contributed by atoms with Gasteiger partial charge in [0.1, 0.15) is 19.3 Å². The molecule has 0 rings (SSSR count). The number of rotatable bonds is 75. The molecule has 0 saturated carbocycles. The van der Waals surface area contributed by atoms with E-state index in [9.17, 15) is 43.2 Å². The lowest BCUT2D eigenvalue weighted by Crippen LogP contribution is -2.30. The normalized spacial score (nSPS) is 14.3. The van der Waals surface area contributed by atoms with E-state index in [2.05, 4.69) is 41.5 Å². The first-order valence-electron chi connectivity index (χ1n) is 39.5. The van der Waals surface area contributed by atoms with E-state index < -0.39 is 97.5 Å². The predicted octanol–water partition coefficient (Wildman–Crippen LogP) is 22.3. The zero-order chi connectivity index (χ0) is 70.0. The van der Waals surface area contributed by atoms with E-state index >= 15 is 0 Å². The quantitative estimate of drug-likeness (QED) is 0.0222. The van der Waals surface area contributed by atoms with Crippen molar-refractivity contribution in [1.29, 1.82) is 0 Å². The molecular formula is C76H148O17P2. The SMILES string of the molecule is CCCCCCCCCCCCCCCCCCCCCCC(=O)O[C@H](COC(=O)CCCCCCCCCCCCCCCC)COP(=O)(O)OC[C@@H](O)COP(=O)(O)OC[C@@H](COC(=O)CCCCCCCCC(C)C)OC(=O)CCCCCCCCCCC(C)CC. The lowest BCUT2D eigenvalue weighted by molar-refractivity contribution is -0.161. The number of aliphatic hydroxyl groups is 1. The first-order chi connectivity index (χ1) is 45.9. The van der Waals surface area contributed by atoms with Crippen LogP contribution in [0, 0.1) is 11.8 Å². The Morgan fingerprint density at radius 1 is 0.305 bits per heavy atom.